The second-order valence-electron chi connectivity index (χ2n) is 4.34. The topological polar surface area (TPSA) is 72.8 Å². The van der Waals surface area contributed by atoms with Gasteiger partial charge in [-0.05, 0) is 30.3 Å². The predicted molar refractivity (Wildman–Crippen MR) is 86.6 cm³/mol. The third-order valence-electron chi connectivity index (χ3n) is 2.82. The van der Waals surface area contributed by atoms with Crippen molar-refractivity contribution in [1.29, 1.82) is 0 Å². The highest BCUT2D eigenvalue weighted by atomic mass is 16.5. The van der Waals surface area contributed by atoms with E-state index in [1.54, 1.807) is 43.6 Å². The van der Waals surface area contributed by atoms with Crippen LogP contribution >= 0.6 is 0 Å². The molecule has 1 amide bonds. The van der Waals surface area contributed by atoms with Crippen molar-refractivity contribution in [3.63, 3.8) is 0 Å². The Kier molecular flexibility index (Phi) is 5.72. The third kappa shape index (κ3) is 4.58. The molecule has 6 heteroatoms. The first kappa shape index (κ1) is 16.0. The van der Waals surface area contributed by atoms with Crippen molar-refractivity contribution in [2.45, 2.75) is 0 Å². The van der Waals surface area contributed by atoms with Crippen molar-refractivity contribution in [3.05, 3.63) is 53.9 Å². The number of nitrogens with one attached hydrogen (secondary N) is 1. The fourth-order valence-corrected chi connectivity index (χ4v) is 1.73. The van der Waals surface area contributed by atoms with Crippen LogP contribution in [0.25, 0.3) is 0 Å². The van der Waals surface area contributed by atoms with E-state index in [0.717, 1.165) is 0 Å². The number of hydrazone groups is 1. The van der Waals surface area contributed by atoms with Gasteiger partial charge in [0.05, 0.1) is 18.9 Å². The van der Waals surface area contributed by atoms with Gasteiger partial charge in [-0.15, -0.1) is 6.42 Å². The summed E-state index contributed by atoms with van der Waals surface area (Å²) in [6, 6.07) is 8.51. The van der Waals surface area contributed by atoms with Gasteiger partial charge in [0.2, 0.25) is 0 Å². The van der Waals surface area contributed by atoms with Crippen molar-refractivity contribution in [2.75, 3.05) is 13.7 Å². The number of rotatable bonds is 6. The molecule has 2 aromatic rings. The van der Waals surface area contributed by atoms with Gasteiger partial charge in [-0.25, -0.2) is 5.43 Å². The quantitative estimate of drug-likeness (QED) is 0.502. The Labute approximate surface area is 134 Å². The van der Waals surface area contributed by atoms with Crippen LogP contribution in [0, 0.1) is 12.3 Å². The molecule has 23 heavy (non-hydrogen) atoms. The van der Waals surface area contributed by atoms with E-state index >= 15 is 0 Å². The number of carbonyl (C=O) groups is 1. The Morgan fingerprint density at radius 3 is 3.04 bits per heavy atom. The smallest absolute Gasteiger partial charge is 0.272 e. The number of amides is 1. The SMILES string of the molecule is C#CCOc1ccc(OC)cc1/C=N\NC(=O)c1cccnc1. The molecule has 116 valence electrons. The number of ether oxygens (including phenoxy) is 2. The van der Waals surface area contributed by atoms with E-state index in [2.05, 4.69) is 21.4 Å². The molecule has 0 saturated carbocycles. The van der Waals surface area contributed by atoms with Crippen LogP contribution in [0.1, 0.15) is 15.9 Å². The number of pyridine rings is 1. The van der Waals surface area contributed by atoms with Crippen molar-refractivity contribution in [1.82, 2.24) is 10.4 Å². The zero-order valence-electron chi connectivity index (χ0n) is 12.5. The van der Waals surface area contributed by atoms with E-state index in [9.17, 15) is 4.79 Å². The Bertz CT molecular complexity index is 736. The summed E-state index contributed by atoms with van der Waals surface area (Å²) in [5, 5.41) is 3.92. The molecule has 0 bridgehead atoms. The minimum Gasteiger partial charge on any atom is -0.497 e. The van der Waals surface area contributed by atoms with Gasteiger partial charge in [0.15, 0.2) is 0 Å². The van der Waals surface area contributed by atoms with Gasteiger partial charge >= 0.3 is 0 Å². The molecule has 0 aliphatic heterocycles. The van der Waals surface area contributed by atoms with Gasteiger partial charge in [0.25, 0.3) is 5.91 Å². The van der Waals surface area contributed by atoms with Crippen LogP contribution in [0.3, 0.4) is 0 Å². The summed E-state index contributed by atoms with van der Waals surface area (Å²) in [6.07, 6.45) is 9.70. The highest BCUT2D eigenvalue weighted by molar-refractivity contribution is 5.94. The van der Waals surface area contributed by atoms with E-state index in [1.165, 1.54) is 12.4 Å². The zero-order chi connectivity index (χ0) is 16.5. The van der Waals surface area contributed by atoms with Gasteiger partial charge in [-0.2, -0.15) is 5.10 Å². The van der Waals surface area contributed by atoms with Crippen molar-refractivity contribution in [2.24, 2.45) is 5.10 Å². The molecular formula is C17H15N3O3. The molecular weight excluding hydrogens is 294 g/mol. The van der Waals surface area contributed by atoms with E-state index in [0.29, 0.717) is 22.6 Å². The number of nitrogens with zero attached hydrogens (tertiary/aromatic N) is 2. The minimum absolute atomic E-state index is 0.134. The van der Waals surface area contributed by atoms with Crippen LogP contribution in [0.5, 0.6) is 11.5 Å². The highest BCUT2D eigenvalue weighted by Crippen LogP contribution is 2.22. The molecule has 0 atom stereocenters. The minimum atomic E-state index is -0.358. The Hall–Kier alpha value is -3.33. The molecule has 0 unspecified atom stereocenters. The highest BCUT2D eigenvalue weighted by Gasteiger charge is 2.05. The van der Waals surface area contributed by atoms with Gasteiger partial charge < -0.3 is 9.47 Å². The summed E-state index contributed by atoms with van der Waals surface area (Å²) in [7, 11) is 1.56. The molecule has 0 aliphatic rings. The summed E-state index contributed by atoms with van der Waals surface area (Å²) >= 11 is 0. The second kappa shape index (κ2) is 8.20. The molecule has 0 aliphatic carbocycles. The van der Waals surface area contributed by atoms with Gasteiger partial charge in [0, 0.05) is 18.0 Å². The van der Waals surface area contributed by atoms with E-state index in [4.69, 9.17) is 15.9 Å². The Morgan fingerprint density at radius 2 is 2.35 bits per heavy atom. The first-order chi connectivity index (χ1) is 11.2. The number of aromatic nitrogens is 1. The van der Waals surface area contributed by atoms with Crippen LogP contribution in [-0.4, -0.2) is 30.8 Å². The maximum atomic E-state index is 11.9. The first-order valence-electron chi connectivity index (χ1n) is 6.72. The molecule has 1 N–H and O–H groups in total. The number of hydrogen-bond acceptors (Lipinski definition) is 5. The van der Waals surface area contributed by atoms with Crippen molar-refractivity contribution >= 4 is 12.1 Å². The van der Waals surface area contributed by atoms with Crippen molar-refractivity contribution < 1.29 is 14.3 Å². The fraction of sp³-hybridized carbons (Fsp3) is 0.118. The maximum absolute atomic E-state index is 11.9. The van der Waals surface area contributed by atoms with Crippen LogP contribution < -0.4 is 14.9 Å². The fourth-order valence-electron chi connectivity index (χ4n) is 1.73. The molecule has 2 rings (SSSR count). The van der Waals surface area contributed by atoms with E-state index in [-0.39, 0.29) is 12.5 Å². The monoisotopic (exact) mass is 309 g/mol. The third-order valence-corrected chi connectivity index (χ3v) is 2.82. The lowest BCUT2D eigenvalue weighted by atomic mass is 10.2. The average molecular weight is 309 g/mol. The normalized spacial score (nSPS) is 10.1. The molecule has 0 spiro atoms. The summed E-state index contributed by atoms with van der Waals surface area (Å²) in [4.78, 5) is 15.7. The van der Waals surface area contributed by atoms with Gasteiger partial charge in [0.1, 0.15) is 18.1 Å². The number of carbonyl (C=O) groups excluding carboxylic acids is 1. The lowest BCUT2D eigenvalue weighted by Gasteiger charge is -2.08. The van der Waals surface area contributed by atoms with Crippen LogP contribution in [0.2, 0.25) is 0 Å². The van der Waals surface area contributed by atoms with Crippen LogP contribution in [0.4, 0.5) is 0 Å². The largest absolute Gasteiger partial charge is 0.497 e. The molecule has 0 radical (unpaired) electrons. The number of terminal acetylenes is 1. The molecule has 1 aromatic heterocycles. The van der Waals surface area contributed by atoms with E-state index in [1.807, 2.05) is 0 Å². The van der Waals surface area contributed by atoms with E-state index < -0.39 is 0 Å². The predicted octanol–water partition coefficient (Wildman–Crippen LogP) is 1.87. The number of methoxy groups -OCH3 is 1. The molecule has 0 saturated heterocycles. The van der Waals surface area contributed by atoms with Gasteiger partial charge in [-0.3, -0.25) is 9.78 Å². The van der Waals surface area contributed by atoms with Crippen molar-refractivity contribution in [3.8, 4) is 23.8 Å². The maximum Gasteiger partial charge on any atom is 0.272 e. The summed E-state index contributed by atoms with van der Waals surface area (Å²) in [5.74, 6) is 3.22. The molecule has 1 heterocycles. The Morgan fingerprint density at radius 1 is 1.48 bits per heavy atom. The molecule has 6 nitrogen and oxygen atoms in total. The van der Waals surface area contributed by atoms with Crippen LogP contribution in [0.15, 0.2) is 47.8 Å². The lowest BCUT2D eigenvalue weighted by molar-refractivity contribution is 0.0954. The summed E-state index contributed by atoms with van der Waals surface area (Å²) in [5.41, 5.74) is 3.47. The first-order valence-corrected chi connectivity index (χ1v) is 6.72. The number of benzene rings is 1. The van der Waals surface area contributed by atoms with Crippen LogP contribution in [-0.2, 0) is 0 Å². The van der Waals surface area contributed by atoms with Gasteiger partial charge in [-0.1, -0.05) is 5.92 Å². The molecule has 0 fully saturated rings. The molecule has 1 aromatic carbocycles. The standard InChI is InChI=1S/C17H15N3O3/c1-3-9-23-16-7-6-15(22-2)10-14(16)12-19-20-17(21)13-5-4-8-18-11-13/h1,4-8,10-12H,9H2,2H3,(H,20,21)/b19-12-. The summed E-state index contributed by atoms with van der Waals surface area (Å²) < 4.78 is 10.6. The lowest BCUT2D eigenvalue weighted by Crippen LogP contribution is -2.17. The Balaban J connectivity index is 2.11. The second-order valence-corrected chi connectivity index (χ2v) is 4.34. The average Bonchev–Trinajstić information content (AvgIpc) is 2.61. The summed E-state index contributed by atoms with van der Waals surface area (Å²) in [6.45, 7) is 0.134. The number of hydrogen-bond donors (Lipinski definition) is 1. The zero-order valence-corrected chi connectivity index (χ0v) is 12.5.